The van der Waals surface area contributed by atoms with Crippen molar-refractivity contribution in [3.8, 4) is 0 Å². The summed E-state index contributed by atoms with van der Waals surface area (Å²) >= 11 is 0. The average molecular weight is 234 g/mol. The highest BCUT2D eigenvalue weighted by atomic mass is 16.1. The molecule has 1 aromatic rings. The van der Waals surface area contributed by atoms with Gasteiger partial charge in [0.2, 0.25) is 0 Å². The summed E-state index contributed by atoms with van der Waals surface area (Å²) in [5.41, 5.74) is 6.37. The van der Waals surface area contributed by atoms with Crippen molar-refractivity contribution in [2.75, 3.05) is 18.4 Å². The standard InChI is InChI=1S/C12H18N4O/c13-12(17)11-8-10(4-7-16-11)15-6-3-9-2-1-5-14-9/h4,7-9,14H,1-3,5-6H2,(H2,13,17)(H,15,16)/t9-/m1/s1. The highest BCUT2D eigenvalue weighted by Gasteiger charge is 2.12. The first-order chi connectivity index (χ1) is 8.25. The third kappa shape index (κ3) is 3.42. The first kappa shape index (κ1) is 11.9. The zero-order valence-corrected chi connectivity index (χ0v) is 9.78. The molecule has 0 radical (unpaired) electrons. The van der Waals surface area contributed by atoms with Crippen molar-refractivity contribution in [3.05, 3.63) is 24.0 Å². The van der Waals surface area contributed by atoms with Crippen LogP contribution < -0.4 is 16.4 Å². The molecule has 0 aliphatic carbocycles. The molecule has 2 heterocycles. The van der Waals surface area contributed by atoms with Crippen LogP contribution in [0.1, 0.15) is 29.8 Å². The Bertz CT molecular complexity index is 388. The summed E-state index contributed by atoms with van der Waals surface area (Å²) in [6, 6.07) is 4.15. The van der Waals surface area contributed by atoms with Crippen LogP contribution in [0.25, 0.3) is 0 Å². The van der Waals surface area contributed by atoms with Gasteiger partial charge in [-0.15, -0.1) is 0 Å². The topological polar surface area (TPSA) is 80.0 Å². The lowest BCUT2D eigenvalue weighted by Gasteiger charge is -2.11. The molecule has 0 unspecified atom stereocenters. The van der Waals surface area contributed by atoms with E-state index < -0.39 is 5.91 Å². The Balaban J connectivity index is 1.81. The Hall–Kier alpha value is -1.62. The largest absolute Gasteiger partial charge is 0.385 e. The van der Waals surface area contributed by atoms with Crippen molar-refractivity contribution >= 4 is 11.6 Å². The van der Waals surface area contributed by atoms with Crippen molar-refractivity contribution in [3.63, 3.8) is 0 Å². The number of amides is 1. The van der Waals surface area contributed by atoms with Gasteiger partial charge in [0, 0.05) is 24.5 Å². The predicted octanol–water partition coefficient (Wildman–Crippen LogP) is 0.734. The Morgan fingerprint density at radius 3 is 3.24 bits per heavy atom. The van der Waals surface area contributed by atoms with Gasteiger partial charge in [-0.25, -0.2) is 0 Å². The van der Waals surface area contributed by atoms with Gasteiger partial charge in [0.05, 0.1) is 0 Å². The number of pyridine rings is 1. The van der Waals surface area contributed by atoms with E-state index in [0.29, 0.717) is 11.7 Å². The quantitative estimate of drug-likeness (QED) is 0.702. The lowest BCUT2D eigenvalue weighted by atomic mass is 10.1. The number of primary amides is 1. The van der Waals surface area contributed by atoms with Crippen LogP contribution in [0.5, 0.6) is 0 Å². The normalized spacial score (nSPS) is 19.2. The number of hydrogen-bond donors (Lipinski definition) is 3. The average Bonchev–Trinajstić information content (AvgIpc) is 2.82. The van der Waals surface area contributed by atoms with E-state index >= 15 is 0 Å². The van der Waals surface area contributed by atoms with Crippen LogP contribution in [0.2, 0.25) is 0 Å². The monoisotopic (exact) mass is 234 g/mol. The third-order valence-electron chi connectivity index (χ3n) is 3.00. The van der Waals surface area contributed by atoms with Gasteiger partial charge in [-0.1, -0.05) is 0 Å². The summed E-state index contributed by atoms with van der Waals surface area (Å²) in [6.45, 7) is 2.02. The number of nitrogens with one attached hydrogen (secondary N) is 2. The number of carbonyl (C=O) groups is 1. The molecule has 0 bridgehead atoms. The first-order valence-corrected chi connectivity index (χ1v) is 5.99. The van der Waals surface area contributed by atoms with E-state index in [9.17, 15) is 4.79 Å². The van der Waals surface area contributed by atoms with Crippen molar-refractivity contribution < 1.29 is 4.79 Å². The van der Waals surface area contributed by atoms with E-state index in [2.05, 4.69) is 15.6 Å². The molecule has 1 fully saturated rings. The fourth-order valence-corrected chi connectivity index (χ4v) is 2.07. The van der Waals surface area contributed by atoms with Crippen LogP contribution in [-0.2, 0) is 0 Å². The summed E-state index contributed by atoms with van der Waals surface area (Å²) < 4.78 is 0. The minimum Gasteiger partial charge on any atom is -0.385 e. The van der Waals surface area contributed by atoms with Crippen LogP contribution >= 0.6 is 0 Å². The number of anilines is 1. The molecule has 17 heavy (non-hydrogen) atoms. The van der Waals surface area contributed by atoms with E-state index in [0.717, 1.165) is 25.2 Å². The molecule has 4 N–H and O–H groups in total. The third-order valence-corrected chi connectivity index (χ3v) is 3.00. The molecule has 2 rings (SSSR count). The minimum absolute atomic E-state index is 0.300. The van der Waals surface area contributed by atoms with Crippen LogP contribution in [0.4, 0.5) is 5.69 Å². The molecular weight excluding hydrogens is 216 g/mol. The summed E-state index contributed by atoms with van der Waals surface area (Å²) in [4.78, 5) is 14.9. The highest BCUT2D eigenvalue weighted by molar-refractivity contribution is 5.91. The van der Waals surface area contributed by atoms with Crippen LogP contribution in [-0.4, -0.2) is 30.0 Å². The number of carbonyl (C=O) groups excluding carboxylic acids is 1. The van der Waals surface area contributed by atoms with E-state index in [1.165, 1.54) is 12.8 Å². The summed E-state index contributed by atoms with van der Waals surface area (Å²) in [6.07, 6.45) is 5.21. The predicted molar refractivity (Wildman–Crippen MR) is 66.9 cm³/mol. The lowest BCUT2D eigenvalue weighted by Crippen LogP contribution is -2.24. The van der Waals surface area contributed by atoms with Gasteiger partial charge in [-0.2, -0.15) is 0 Å². The second-order valence-corrected chi connectivity index (χ2v) is 4.30. The van der Waals surface area contributed by atoms with E-state index in [1.54, 1.807) is 12.3 Å². The Kier molecular flexibility index (Phi) is 3.93. The van der Waals surface area contributed by atoms with Crippen molar-refractivity contribution in [2.45, 2.75) is 25.3 Å². The van der Waals surface area contributed by atoms with Gasteiger partial charge >= 0.3 is 0 Å². The molecule has 5 heteroatoms. The van der Waals surface area contributed by atoms with Gasteiger partial charge < -0.3 is 16.4 Å². The number of rotatable bonds is 5. The fraction of sp³-hybridized carbons (Fsp3) is 0.500. The van der Waals surface area contributed by atoms with Crippen molar-refractivity contribution in [1.82, 2.24) is 10.3 Å². The smallest absolute Gasteiger partial charge is 0.267 e. The molecule has 1 atom stereocenters. The Morgan fingerprint density at radius 1 is 1.65 bits per heavy atom. The number of nitrogens with zero attached hydrogens (tertiary/aromatic N) is 1. The van der Waals surface area contributed by atoms with Gasteiger partial charge in [0.15, 0.2) is 0 Å². The van der Waals surface area contributed by atoms with Crippen molar-refractivity contribution in [2.24, 2.45) is 5.73 Å². The number of nitrogens with two attached hydrogens (primary N) is 1. The molecule has 92 valence electrons. The zero-order chi connectivity index (χ0) is 12.1. The zero-order valence-electron chi connectivity index (χ0n) is 9.78. The van der Waals surface area contributed by atoms with Crippen LogP contribution in [0, 0.1) is 0 Å². The number of aromatic nitrogens is 1. The lowest BCUT2D eigenvalue weighted by molar-refractivity contribution is 0.0995. The number of hydrogen-bond acceptors (Lipinski definition) is 4. The fourth-order valence-electron chi connectivity index (χ4n) is 2.07. The molecule has 1 saturated heterocycles. The maximum atomic E-state index is 11.0. The summed E-state index contributed by atoms with van der Waals surface area (Å²) in [5, 5.41) is 6.73. The van der Waals surface area contributed by atoms with Crippen molar-refractivity contribution in [1.29, 1.82) is 0 Å². The minimum atomic E-state index is -0.494. The van der Waals surface area contributed by atoms with E-state index in [-0.39, 0.29) is 0 Å². The van der Waals surface area contributed by atoms with Crippen LogP contribution in [0.3, 0.4) is 0 Å². The van der Waals surface area contributed by atoms with E-state index in [4.69, 9.17) is 5.73 Å². The van der Waals surface area contributed by atoms with Gasteiger partial charge in [0.25, 0.3) is 5.91 Å². The van der Waals surface area contributed by atoms with Gasteiger partial charge in [0.1, 0.15) is 5.69 Å². The van der Waals surface area contributed by atoms with E-state index in [1.807, 2.05) is 6.07 Å². The summed E-state index contributed by atoms with van der Waals surface area (Å²) in [5.74, 6) is -0.494. The molecule has 0 saturated carbocycles. The molecule has 0 aromatic carbocycles. The second-order valence-electron chi connectivity index (χ2n) is 4.30. The molecule has 1 aliphatic heterocycles. The molecule has 0 spiro atoms. The summed E-state index contributed by atoms with van der Waals surface area (Å²) in [7, 11) is 0. The molecular formula is C12H18N4O. The molecule has 1 aromatic heterocycles. The Morgan fingerprint density at radius 2 is 2.53 bits per heavy atom. The molecule has 1 amide bonds. The Labute approximate surface area is 101 Å². The highest BCUT2D eigenvalue weighted by Crippen LogP contribution is 2.11. The van der Waals surface area contributed by atoms with Gasteiger partial charge in [-0.05, 0) is 37.9 Å². The molecule has 1 aliphatic rings. The SMILES string of the molecule is NC(=O)c1cc(NCC[C@H]2CCCN2)ccn1. The maximum absolute atomic E-state index is 11.0. The molecule has 5 nitrogen and oxygen atoms in total. The van der Waals surface area contributed by atoms with Crippen LogP contribution in [0.15, 0.2) is 18.3 Å². The maximum Gasteiger partial charge on any atom is 0.267 e. The second kappa shape index (κ2) is 5.63. The first-order valence-electron chi connectivity index (χ1n) is 5.99. The van der Waals surface area contributed by atoms with Gasteiger partial charge in [-0.3, -0.25) is 9.78 Å².